The van der Waals surface area contributed by atoms with Crippen LogP contribution in [0, 0.1) is 6.92 Å². The van der Waals surface area contributed by atoms with Crippen molar-refractivity contribution < 1.29 is 29.5 Å². The highest BCUT2D eigenvalue weighted by atomic mass is 32.1. The van der Waals surface area contributed by atoms with Gasteiger partial charge < -0.3 is 29.5 Å². The van der Waals surface area contributed by atoms with Crippen LogP contribution in [0.2, 0.25) is 0 Å². The second-order valence-electron chi connectivity index (χ2n) is 6.81. The first kappa shape index (κ1) is 34.3. The number of thiol groups is 1. The van der Waals surface area contributed by atoms with Crippen LogP contribution < -0.4 is 10.2 Å². The van der Waals surface area contributed by atoms with Crippen molar-refractivity contribution in [3.05, 3.63) is 47.9 Å². The van der Waals surface area contributed by atoms with Gasteiger partial charge in [-0.2, -0.15) is 17.7 Å². The fourth-order valence-electron chi connectivity index (χ4n) is 2.35. The first-order valence-electron chi connectivity index (χ1n) is 11.3. The van der Waals surface area contributed by atoms with Crippen molar-refractivity contribution in [2.24, 2.45) is 5.10 Å². The predicted molar refractivity (Wildman–Crippen MR) is 144 cm³/mol. The third-order valence-corrected chi connectivity index (χ3v) is 4.70. The summed E-state index contributed by atoms with van der Waals surface area (Å²) in [5.74, 6) is 0.506. The average Bonchev–Trinajstić information content (AvgIpc) is 2.88. The summed E-state index contributed by atoms with van der Waals surface area (Å²) >= 11 is 3.74. The number of hydrogen-bond acceptors (Lipinski definition) is 9. The van der Waals surface area contributed by atoms with Crippen LogP contribution in [0.15, 0.2) is 47.4 Å². The van der Waals surface area contributed by atoms with E-state index >= 15 is 0 Å². The number of rotatable bonds is 7. The Bertz CT molecular complexity index is 698. The van der Waals surface area contributed by atoms with Gasteiger partial charge in [0.15, 0.2) is 0 Å². The summed E-state index contributed by atoms with van der Waals surface area (Å²) in [4.78, 5) is 0. The summed E-state index contributed by atoms with van der Waals surface area (Å²) < 4.78 is 15.9. The van der Waals surface area contributed by atoms with E-state index < -0.39 is 24.6 Å². The van der Waals surface area contributed by atoms with E-state index in [4.69, 9.17) is 14.2 Å². The summed E-state index contributed by atoms with van der Waals surface area (Å²) in [6.07, 6.45) is 1.84. The number of anilines is 1. The van der Waals surface area contributed by atoms with E-state index in [2.05, 4.69) is 29.7 Å². The van der Waals surface area contributed by atoms with E-state index in [9.17, 15) is 15.3 Å². The quantitative estimate of drug-likeness (QED) is 0.164. The predicted octanol–water partition coefficient (Wildman–Crippen LogP) is 4.30. The number of nitrogens with zero attached hydrogens (tertiary/aromatic N) is 1. The standard InChI is InChI=1S/C15H22N2O5.C5H10O.C3H6S.C2H6/c1-3-16-17-11-5-4-6-13(9(11)2)22-15-14(20)12(19)7-10(8-18)21-15;1-4-5(2)6-3;1-2-3-4;1-2/h3-6,10,12,14-15,17-20H,7-8H2,1-2H3;4-5H,1H2,2-3H3;2-4H,1H3;1-2H3/b16-3+;;3-2+;. The molecule has 0 spiro atoms. The number of methoxy groups -OCH3 is 1. The number of nitrogens with one attached hydrogen (secondary N) is 1. The molecule has 0 bridgehead atoms. The molecule has 0 aliphatic carbocycles. The first-order chi connectivity index (χ1) is 16.3. The van der Waals surface area contributed by atoms with Crippen LogP contribution in [0.5, 0.6) is 5.75 Å². The number of aliphatic hydroxyl groups excluding tert-OH is 3. The number of ether oxygens (including phenoxy) is 3. The number of allylic oxidation sites excluding steroid dienone is 1. The van der Waals surface area contributed by atoms with E-state index in [0.717, 1.165) is 11.3 Å². The Balaban J connectivity index is 0. The molecule has 1 aliphatic rings. The lowest BCUT2D eigenvalue weighted by Crippen LogP contribution is -2.51. The van der Waals surface area contributed by atoms with Crippen molar-refractivity contribution >= 4 is 24.5 Å². The second-order valence-corrected chi connectivity index (χ2v) is 7.11. The zero-order chi connectivity index (χ0) is 26.5. The van der Waals surface area contributed by atoms with E-state index in [1.165, 1.54) is 0 Å². The molecule has 8 nitrogen and oxygen atoms in total. The van der Waals surface area contributed by atoms with Crippen molar-refractivity contribution in [2.75, 3.05) is 19.1 Å². The summed E-state index contributed by atoms with van der Waals surface area (Å²) in [5, 5.41) is 34.6. The lowest BCUT2D eigenvalue weighted by Gasteiger charge is -2.36. The highest BCUT2D eigenvalue weighted by molar-refractivity contribution is 7.83. The summed E-state index contributed by atoms with van der Waals surface area (Å²) in [6, 6.07) is 5.37. The molecule has 0 saturated carbocycles. The minimum atomic E-state index is -1.17. The van der Waals surface area contributed by atoms with E-state index in [-0.39, 0.29) is 19.1 Å². The van der Waals surface area contributed by atoms with Gasteiger partial charge in [0, 0.05) is 25.3 Å². The summed E-state index contributed by atoms with van der Waals surface area (Å²) in [6.45, 7) is 14.8. The Morgan fingerprint density at radius 3 is 2.38 bits per heavy atom. The number of hydrogen-bond donors (Lipinski definition) is 5. The molecule has 2 rings (SSSR count). The van der Waals surface area contributed by atoms with Gasteiger partial charge in [-0.3, -0.25) is 5.43 Å². The van der Waals surface area contributed by atoms with Crippen molar-refractivity contribution in [1.82, 2.24) is 0 Å². The van der Waals surface area contributed by atoms with Gasteiger partial charge in [0.2, 0.25) is 6.29 Å². The van der Waals surface area contributed by atoms with Crippen LogP contribution in [-0.4, -0.2) is 66.0 Å². The Morgan fingerprint density at radius 1 is 1.32 bits per heavy atom. The highest BCUT2D eigenvalue weighted by Crippen LogP contribution is 2.29. The molecule has 196 valence electrons. The van der Waals surface area contributed by atoms with Crippen molar-refractivity contribution in [3.8, 4) is 5.75 Å². The third kappa shape index (κ3) is 13.7. The average molecular weight is 501 g/mol. The smallest absolute Gasteiger partial charge is 0.229 e. The maximum atomic E-state index is 9.99. The van der Waals surface area contributed by atoms with Crippen LogP contribution in [-0.2, 0) is 9.47 Å². The molecule has 5 unspecified atom stereocenters. The molecule has 1 fully saturated rings. The fourth-order valence-corrected chi connectivity index (χ4v) is 2.35. The SMILES string of the molecule is C/C=C/S.C/C=N/Nc1cccc(OC2OC(CO)CC(O)C2O)c1C.C=CC(C)OC.CC. The Hall–Kier alpha value is -1.88. The van der Waals surface area contributed by atoms with Crippen LogP contribution >= 0.6 is 12.6 Å². The molecule has 4 N–H and O–H groups in total. The molecule has 1 aliphatic heterocycles. The molecular formula is C25H44N2O6S. The van der Waals surface area contributed by atoms with Crippen LogP contribution in [0.4, 0.5) is 5.69 Å². The molecule has 9 heteroatoms. The minimum absolute atomic E-state index is 0.170. The van der Waals surface area contributed by atoms with Gasteiger partial charge in [-0.05, 0) is 45.2 Å². The third-order valence-electron chi connectivity index (χ3n) is 4.40. The second kappa shape index (κ2) is 21.6. The largest absolute Gasteiger partial charge is 0.462 e. The van der Waals surface area contributed by atoms with Gasteiger partial charge in [0.05, 0.1) is 30.6 Å². The first-order valence-corrected chi connectivity index (χ1v) is 11.8. The maximum absolute atomic E-state index is 9.99. The number of hydrazone groups is 1. The molecule has 1 aromatic rings. The van der Waals surface area contributed by atoms with E-state index in [1.807, 2.05) is 46.8 Å². The Morgan fingerprint density at radius 2 is 1.94 bits per heavy atom. The van der Waals surface area contributed by atoms with Gasteiger partial charge in [-0.15, -0.1) is 6.58 Å². The van der Waals surface area contributed by atoms with E-state index in [1.54, 1.807) is 43.9 Å². The summed E-state index contributed by atoms with van der Waals surface area (Å²) in [7, 11) is 1.66. The van der Waals surface area contributed by atoms with Crippen LogP contribution in [0.25, 0.3) is 0 Å². The molecule has 1 saturated heterocycles. The molecule has 1 heterocycles. The molecule has 0 aromatic heterocycles. The molecule has 0 amide bonds. The van der Waals surface area contributed by atoms with Gasteiger partial charge in [-0.1, -0.05) is 32.1 Å². The van der Waals surface area contributed by atoms with Crippen LogP contribution in [0.3, 0.4) is 0 Å². The molecule has 1 aromatic carbocycles. The molecular weight excluding hydrogens is 456 g/mol. The van der Waals surface area contributed by atoms with E-state index in [0.29, 0.717) is 5.75 Å². The molecule has 5 atom stereocenters. The maximum Gasteiger partial charge on any atom is 0.229 e. The lowest BCUT2D eigenvalue weighted by molar-refractivity contribution is -0.240. The normalized spacial score (nSPS) is 22.3. The zero-order valence-electron chi connectivity index (χ0n) is 21.5. The topological polar surface area (TPSA) is 113 Å². The number of aliphatic hydroxyl groups is 3. The van der Waals surface area contributed by atoms with Gasteiger partial charge in [0.25, 0.3) is 0 Å². The lowest BCUT2D eigenvalue weighted by atomic mass is 10.0. The molecule has 34 heavy (non-hydrogen) atoms. The van der Waals surface area contributed by atoms with Crippen molar-refractivity contribution in [2.45, 2.75) is 78.7 Å². The molecule has 0 radical (unpaired) electrons. The van der Waals surface area contributed by atoms with Gasteiger partial charge in [-0.25, -0.2) is 0 Å². The summed E-state index contributed by atoms with van der Waals surface area (Å²) in [5.41, 5.74) is 4.44. The highest BCUT2D eigenvalue weighted by Gasteiger charge is 2.38. The van der Waals surface area contributed by atoms with Gasteiger partial charge >= 0.3 is 0 Å². The fraction of sp³-hybridized carbons (Fsp3) is 0.560. The van der Waals surface area contributed by atoms with Crippen LogP contribution in [0.1, 0.15) is 46.6 Å². The number of benzene rings is 1. The van der Waals surface area contributed by atoms with Crippen molar-refractivity contribution in [3.63, 3.8) is 0 Å². The van der Waals surface area contributed by atoms with Gasteiger partial charge in [0.1, 0.15) is 11.9 Å². The Kier molecular flexibility index (Phi) is 21.8. The minimum Gasteiger partial charge on any atom is -0.462 e. The monoisotopic (exact) mass is 500 g/mol. The Labute approximate surface area is 210 Å². The zero-order valence-corrected chi connectivity index (χ0v) is 22.4. The van der Waals surface area contributed by atoms with Crippen molar-refractivity contribution in [1.29, 1.82) is 0 Å².